The number of ether oxygens (including phenoxy) is 1. The number of rotatable bonds is 5. The molecule has 3 aliphatic carbocycles. The van der Waals surface area contributed by atoms with Crippen LogP contribution in [0.2, 0.25) is 0 Å². The lowest BCUT2D eigenvalue weighted by atomic mass is 9.44. The maximum atomic E-state index is 13.7. The average molecular weight is 525 g/mol. The predicted octanol–water partition coefficient (Wildman–Crippen LogP) is 1.99. The Bertz CT molecular complexity index is 1410. The second kappa shape index (κ2) is 7.89. The minimum absolute atomic E-state index is 0.0192. The number of piperidine rings is 1. The first-order valence-electron chi connectivity index (χ1n) is 12.1. The lowest BCUT2D eigenvalue weighted by molar-refractivity contribution is -0.137. The van der Waals surface area contributed by atoms with Gasteiger partial charge in [-0.05, 0) is 50.2 Å². The minimum Gasteiger partial charge on any atom is -0.508 e. The molecule has 1 heterocycles. The highest BCUT2D eigenvalue weighted by Gasteiger charge is 2.74. The molecule has 10 heteroatoms. The Morgan fingerprint density at radius 2 is 2.03 bits per heavy atom. The largest absolute Gasteiger partial charge is 0.508 e. The first-order valence-corrected chi connectivity index (χ1v) is 13.1. The number of phenolic OH excluding ortho intramolecular Hbond substituents is 3. The van der Waals surface area contributed by atoms with Crippen LogP contribution in [0, 0.1) is 0 Å². The third kappa shape index (κ3) is 2.78. The topological polar surface area (TPSA) is 154 Å². The van der Waals surface area contributed by atoms with Gasteiger partial charge in [0.05, 0.1) is 17.9 Å². The monoisotopic (exact) mass is 524 g/mol. The van der Waals surface area contributed by atoms with Gasteiger partial charge < -0.3 is 35.8 Å². The number of nitrogens with zero attached hydrogens (tertiary/aromatic N) is 1. The van der Waals surface area contributed by atoms with Crippen LogP contribution < -0.4 is 10.5 Å². The van der Waals surface area contributed by atoms with Gasteiger partial charge in [-0.3, -0.25) is 9.59 Å². The number of carbonyl (C=O) groups excluding carboxylic acids is 1. The number of likely N-dealkylation sites (N-methyl/N-ethyl adjacent to an activating group) is 1. The molecule has 1 unspecified atom stereocenters. The smallest absolute Gasteiger partial charge is 0.321 e. The number of benzene rings is 2. The van der Waals surface area contributed by atoms with Crippen molar-refractivity contribution in [2.24, 2.45) is 5.73 Å². The summed E-state index contributed by atoms with van der Waals surface area (Å²) in [4.78, 5) is 27.5. The molecule has 2 aromatic carbocycles. The Labute approximate surface area is 217 Å². The summed E-state index contributed by atoms with van der Waals surface area (Å²) in [5.41, 5.74) is 6.23. The van der Waals surface area contributed by atoms with E-state index in [1.165, 1.54) is 13.2 Å². The molecule has 0 saturated carbocycles. The fourth-order valence-electron chi connectivity index (χ4n) is 7.60. The van der Waals surface area contributed by atoms with E-state index in [4.69, 9.17) is 10.5 Å². The van der Waals surface area contributed by atoms with E-state index in [2.05, 4.69) is 4.90 Å². The second-order valence-electron chi connectivity index (χ2n) is 10.4. The number of hydrogen-bond acceptors (Lipinski definition) is 9. The molecular weight excluding hydrogens is 496 g/mol. The van der Waals surface area contributed by atoms with Crippen molar-refractivity contribution in [2.45, 2.75) is 46.6 Å². The Hall–Kier alpha value is -3.21. The van der Waals surface area contributed by atoms with Gasteiger partial charge in [0.15, 0.2) is 17.3 Å². The quantitative estimate of drug-likeness (QED) is 0.290. The molecule has 0 radical (unpaired) electrons. The SMILES string of the molecule is COc1ccc2c(c1O)[C@]13CCN(C)[C@H](C2)[C@]12C=CC(=O)[C@H]3c1c(O)c(SCC(N)C(=O)O)cc(O)c12. The van der Waals surface area contributed by atoms with Crippen molar-refractivity contribution in [3.63, 3.8) is 0 Å². The van der Waals surface area contributed by atoms with Crippen LogP contribution in [0.15, 0.2) is 35.2 Å². The zero-order chi connectivity index (χ0) is 26.4. The Kier molecular flexibility index (Phi) is 5.15. The van der Waals surface area contributed by atoms with Crippen LogP contribution in [-0.4, -0.2) is 75.6 Å². The Balaban J connectivity index is 1.66. The molecule has 6 rings (SSSR count). The molecule has 2 aromatic rings. The number of aliphatic carboxylic acids is 1. The van der Waals surface area contributed by atoms with Crippen LogP contribution >= 0.6 is 11.8 Å². The number of carboxylic acids is 1. The van der Waals surface area contributed by atoms with Gasteiger partial charge in [-0.2, -0.15) is 0 Å². The number of allylic oxidation sites excluding steroid dienone is 1. The highest BCUT2D eigenvalue weighted by molar-refractivity contribution is 7.99. The van der Waals surface area contributed by atoms with Crippen LogP contribution in [0.25, 0.3) is 0 Å². The van der Waals surface area contributed by atoms with Crippen molar-refractivity contribution in [3.8, 4) is 23.0 Å². The predicted molar refractivity (Wildman–Crippen MR) is 136 cm³/mol. The second-order valence-corrected chi connectivity index (χ2v) is 11.5. The molecule has 4 aliphatic rings. The average Bonchev–Trinajstić information content (AvgIpc) is 3.07. The highest BCUT2D eigenvalue weighted by Crippen LogP contribution is 2.74. The van der Waals surface area contributed by atoms with E-state index in [-0.39, 0.29) is 39.7 Å². The number of likely N-dealkylation sites (tertiary alicyclic amines) is 1. The molecule has 9 nitrogen and oxygen atoms in total. The molecule has 1 saturated heterocycles. The molecule has 194 valence electrons. The van der Waals surface area contributed by atoms with Gasteiger partial charge in [-0.1, -0.05) is 12.1 Å². The van der Waals surface area contributed by atoms with Crippen molar-refractivity contribution in [3.05, 3.63) is 52.6 Å². The summed E-state index contributed by atoms with van der Waals surface area (Å²) in [7, 11) is 3.50. The molecule has 1 aliphatic heterocycles. The number of hydrogen-bond donors (Lipinski definition) is 5. The van der Waals surface area contributed by atoms with Crippen molar-refractivity contribution >= 4 is 23.5 Å². The molecule has 1 fully saturated rings. The van der Waals surface area contributed by atoms with Crippen molar-refractivity contribution in [1.82, 2.24) is 4.90 Å². The molecule has 37 heavy (non-hydrogen) atoms. The van der Waals surface area contributed by atoms with Gasteiger partial charge in [0.1, 0.15) is 17.5 Å². The third-order valence-electron chi connectivity index (χ3n) is 8.97. The number of methoxy groups -OCH3 is 1. The molecule has 5 atom stereocenters. The fraction of sp³-hybridized carbons (Fsp3) is 0.407. The van der Waals surface area contributed by atoms with E-state index < -0.39 is 28.8 Å². The van der Waals surface area contributed by atoms with E-state index in [1.807, 2.05) is 19.2 Å². The maximum absolute atomic E-state index is 13.7. The summed E-state index contributed by atoms with van der Waals surface area (Å²) in [5.74, 6) is -2.20. The number of fused-ring (bicyclic) bond motifs is 3. The van der Waals surface area contributed by atoms with Gasteiger partial charge >= 0.3 is 5.97 Å². The van der Waals surface area contributed by atoms with Crippen molar-refractivity contribution < 1.29 is 34.8 Å². The highest BCUT2D eigenvalue weighted by atomic mass is 32.2. The molecule has 4 bridgehead atoms. The number of phenols is 3. The van der Waals surface area contributed by atoms with E-state index in [0.717, 1.165) is 17.3 Å². The number of carbonyl (C=O) groups is 2. The molecule has 6 N–H and O–H groups in total. The first kappa shape index (κ1) is 24.1. The van der Waals surface area contributed by atoms with Crippen LogP contribution in [0.3, 0.4) is 0 Å². The summed E-state index contributed by atoms with van der Waals surface area (Å²) in [6.45, 7) is 0.657. The Morgan fingerprint density at radius 3 is 2.73 bits per heavy atom. The van der Waals surface area contributed by atoms with Crippen LogP contribution in [-0.2, 0) is 26.8 Å². The van der Waals surface area contributed by atoms with Gasteiger partial charge in [0, 0.05) is 39.3 Å². The van der Waals surface area contributed by atoms with Crippen LogP contribution in [0.4, 0.5) is 0 Å². The van der Waals surface area contributed by atoms with Crippen LogP contribution in [0.5, 0.6) is 23.0 Å². The minimum atomic E-state index is -1.17. The normalized spacial score (nSPS) is 29.9. The summed E-state index contributed by atoms with van der Waals surface area (Å²) in [6.07, 6.45) is 4.49. The summed E-state index contributed by atoms with van der Waals surface area (Å²) < 4.78 is 5.45. The molecular formula is C27H28N2O7S. The zero-order valence-electron chi connectivity index (χ0n) is 20.4. The van der Waals surface area contributed by atoms with Gasteiger partial charge in [-0.15, -0.1) is 11.8 Å². The lowest BCUT2D eigenvalue weighted by Crippen LogP contribution is -2.68. The van der Waals surface area contributed by atoms with E-state index >= 15 is 0 Å². The van der Waals surface area contributed by atoms with E-state index in [9.17, 15) is 30.0 Å². The summed E-state index contributed by atoms with van der Waals surface area (Å²) in [6, 6.07) is 3.79. The van der Waals surface area contributed by atoms with Gasteiger partial charge in [-0.25, -0.2) is 0 Å². The Morgan fingerprint density at radius 1 is 1.27 bits per heavy atom. The lowest BCUT2D eigenvalue weighted by Gasteiger charge is -2.62. The number of nitrogens with two attached hydrogens (primary N) is 1. The number of carboxylic acid groups (broad SMARTS) is 1. The number of thioether (sulfide) groups is 1. The van der Waals surface area contributed by atoms with Gasteiger partial charge in [0.2, 0.25) is 0 Å². The summed E-state index contributed by atoms with van der Waals surface area (Å²) >= 11 is 1.02. The molecule has 0 spiro atoms. The van der Waals surface area contributed by atoms with Crippen LogP contribution in [0.1, 0.15) is 34.6 Å². The molecule has 0 aromatic heterocycles. The molecule has 0 amide bonds. The first-order chi connectivity index (χ1) is 17.6. The van der Waals surface area contributed by atoms with E-state index in [1.54, 1.807) is 12.1 Å². The standard InChI is InChI=1S/C27H28N2O7S/c1-29-8-7-27-20-12(3-4-16(36-2)23(20)32)9-18(29)26(27)6-5-14(30)21(27)19-22(26)15(31)10-17(24(19)33)37-11-13(28)25(34)35/h3-6,10,13,18,21,31-33H,7-9,11,28H2,1-2H3,(H,34,35)/t13?,18-,21+,26+,27+/m1/s1. The number of ketones is 1. The summed E-state index contributed by atoms with van der Waals surface area (Å²) in [5, 5.41) is 43.8. The van der Waals surface area contributed by atoms with Gasteiger partial charge in [0.25, 0.3) is 0 Å². The van der Waals surface area contributed by atoms with Crippen molar-refractivity contribution in [1.29, 1.82) is 0 Å². The number of aromatic hydroxyl groups is 3. The zero-order valence-corrected chi connectivity index (χ0v) is 21.2. The third-order valence-corrected chi connectivity index (χ3v) is 10.1. The maximum Gasteiger partial charge on any atom is 0.321 e. The van der Waals surface area contributed by atoms with Crippen molar-refractivity contribution in [2.75, 3.05) is 26.5 Å². The fourth-order valence-corrected chi connectivity index (χ4v) is 8.54. The van der Waals surface area contributed by atoms with E-state index in [0.29, 0.717) is 41.8 Å².